The number of nitrogens with zero attached hydrogens (tertiary/aromatic N) is 2. The van der Waals surface area contributed by atoms with Crippen LogP contribution in [0.15, 0.2) is 23.0 Å². The maximum absolute atomic E-state index is 13.1. The summed E-state index contributed by atoms with van der Waals surface area (Å²) in [5, 5.41) is 9.17. The van der Waals surface area contributed by atoms with Crippen molar-refractivity contribution in [2.24, 2.45) is 23.8 Å². The van der Waals surface area contributed by atoms with E-state index in [1.165, 1.54) is 28.4 Å². The van der Waals surface area contributed by atoms with E-state index in [0.29, 0.717) is 47.3 Å². The van der Waals surface area contributed by atoms with Gasteiger partial charge in [-0.25, -0.2) is 4.79 Å². The summed E-state index contributed by atoms with van der Waals surface area (Å²) >= 11 is 0. The van der Waals surface area contributed by atoms with Crippen LogP contribution in [0.4, 0.5) is 0 Å². The van der Waals surface area contributed by atoms with E-state index in [4.69, 9.17) is 0 Å². The molecule has 2 aliphatic carbocycles. The van der Waals surface area contributed by atoms with Crippen LogP contribution in [0.3, 0.4) is 0 Å². The molecule has 3 amide bonds. The van der Waals surface area contributed by atoms with Crippen LogP contribution < -0.4 is 21.6 Å². The molecule has 0 spiro atoms. The fourth-order valence-electron chi connectivity index (χ4n) is 7.55. The van der Waals surface area contributed by atoms with E-state index >= 15 is 0 Å². The molecule has 9 nitrogen and oxygen atoms in total. The van der Waals surface area contributed by atoms with Gasteiger partial charge in [-0.1, -0.05) is 39.3 Å². The summed E-state index contributed by atoms with van der Waals surface area (Å²) in [6, 6.07) is 5.41. The van der Waals surface area contributed by atoms with Crippen LogP contribution in [0.2, 0.25) is 0 Å². The number of fused-ring (bicyclic) bond motifs is 3. The molecule has 0 radical (unpaired) electrons. The molecule has 212 valence electrons. The second-order valence-electron chi connectivity index (χ2n) is 12.7. The Bertz CT molecular complexity index is 1340. The van der Waals surface area contributed by atoms with Crippen molar-refractivity contribution in [3.8, 4) is 0 Å². The highest BCUT2D eigenvalue weighted by molar-refractivity contribution is 6.00. The zero-order chi connectivity index (χ0) is 27.9. The minimum absolute atomic E-state index is 0.00284. The second kappa shape index (κ2) is 10.6. The predicted octanol–water partition coefficient (Wildman–Crippen LogP) is 3.30. The molecule has 1 unspecified atom stereocenters. The summed E-state index contributed by atoms with van der Waals surface area (Å²) in [5.41, 5.74) is 2.65. The quantitative estimate of drug-likeness (QED) is 0.318. The molecule has 4 atom stereocenters. The topological polar surface area (TPSA) is 114 Å². The third-order valence-electron chi connectivity index (χ3n) is 10.4. The van der Waals surface area contributed by atoms with Crippen LogP contribution in [0.5, 0.6) is 0 Å². The Balaban J connectivity index is 1.10. The number of imidazole rings is 1. The number of imide groups is 1. The zero-order valence-corrected chi connectivity index (χ0v) is 23.8. The maximum Gasteiger partial charge on any atom is 0.329 e. The van der Waals surface area contributed by atoms with E-state index in [9.17, 15) is 19.2 Å². The summed E-state index contributed by atoms with van der Waals surface area (Å²) in [6.07, 6.45) is 7.87. The fourth-order valence-corrected chi connectivity index (χ4v) is 7.55. The monoisotopic (exact) mass is 537 g/mol. The van der Waals surface area contributed by atoms with Gasteiger partial charge in [-0.3, -0.25) is 28.8 Å². The Kier molecular flexibility index (Phi) is 7.48. The first-order valence-electron chi connectivity index (χ1n) is 14.6. The van der Waals surface area contributed by atoms with Gasteiger partial charge in [0.1, 0.15) is 6.04 Å². The van der Waals surface area contributed by atoms with E-state index < -0.39 is 11.9 Å². The first-order valence-corrected chi connectivity index (χ1v) is 14.6. The van der Waals surface area contributed by atoms with Gasteiger partial charge >= 0.3 is 5.69 Å². The van der Waals surface area contributed by atoms with E-state index in [0.717, 1.165) is 37.3 Å². The number of aryl methyl sites for hydroxylation is 1. The number of rotatable bonds is 10. The van der Waals surface area contributed by atoms with Crippen molar-refractivity contribution in [2.45, 2.75) is 97.2 Å². The van der Waals surface area contributed by atoms with Crippen LogP contribution in [-0.4, -0.2) is 39.4 Å². The number of hydrogen-bond acceptors (Lipinski definition) is 5. The molecule has 3 N–H and O–H groups in total. The average molecular weight is 538 g/mol. The number of benzene rings is 1. The number of hydrogen-bond donors (Lipinski definition) is 3. The lowest BCUT2D eigenvalue weighted by atomic mass is 9.69. The van der Waals surface area contributed by atoms with Crippen LogP contribution in [-0.2, 0) is 28.0 Å². The van der Waals surface area contributed by atoms with Crippen molar-refractivity contribution < 1.29 is 14.4 Å². The highest BCUT2D eigenvalue weighted by Gasteiger charge is 2.60. The van der Waals surface area contributed by atoms with Crippen molar-refractivity contribution in [2.75, 3.05) is 6.54 Å². The molecule has 39 heavy (non-hydrogen) atoms. The minimum atomic E-state index is -0.726. The Labute approximate surface area is 230 Å². The largest absolute Gasteiger partial charge is 0.352 e. The van der Waals surface area contributed by atoms with Gasteiger partial charge in [-0.05, 0) is 73.4 Å². The molecular weight excluding hydrogens is 494 g/mol. The number of carbonyl (C=O) groups excluding carboxylic acids is 3. The Hall–Kier alpha value is -2.94. The van der Waals surface area contributed by atoms with E-state index in [1.807, 2.05) is 12.1 Å². The van der Waals surface area contributed by atoms with Gasteiger partial charge in [0.25, 0.3) is 0 Å². The van der Waals surface area contributed by atoms with Gasteiger partial charge in [0.15, 0.2) is 0 Å². The molecule has 2 heterocycles. The van der Waals surface area contributed by atoms with Crippen molar-refractivity contribution in [1.82, 2.24) is 25.1 Å². The summed E-state index contributed by atoms with van der Waals surface area (Å²) in [5.74, 6) is 0.0661. The molecular formula is C30H43N5O4. The molecule has 1 aromatic carbocycles. The smallest absolute Gasteiger partial charge is 0.329 e. The molecule has 2 aromatic rings. The van der Waals surface area contributed by atoms with Crippen LogP contribution in [0.25, 0.3) is 11.0 Å². The molecule has 3 fully saturated rings. The summed E-state index contributed by atoms with van der Waals surface area (Å²) < 4.78 is 2.99. The van der Waals surface area contributed by atoms with E-state index in [2.05, 4.69) is 36.7 Å². The lowest BCUT2D eigenvalue weighted by Crippen LogP contribution is -2.44. The van der Waals surface area contributed by atoms with E-state index in [1.54, 1.807) is 13.1 Å². The Morgan fingerprint density at radius 1 is 1.10 bits per heavy atom. The normalized spacial score (nSPS) is 27.7. The van der Waals surface area contributed by atoms with Gasteiger partial charge < -0.3 is 10.6 Å². The summed E-state index contributed by atoms with van der Waals surface area (Å²) in [7, 11) is 1.67. The fraction of sp³-hybridized carbons (Fsp3) is 0.667. The first-order chi connectivity index (χ1) is 18.5. The van der Waals surface area contributed by atoms with E-state index in [-0.39, 0.29) is 23.9 Å². The Morgan fingerprint density at radius 2 is 1.90 bits per heavy atom. The number of piperidine rings is 1. The number of carbonyl (C=O) groups is 3. The van der Waals surface area contributed by atoms with Crippen LogP contribution >= 0.6 is 0 Å². The van der Waals surface area contributed by atoms with Crippen LogP contribution in [0, 0.1) is 16.7 Å². The number of para-hydroxylation sites is 1. The SMILES string of the molecule is Cn1c(=O)n(C2CCC(=O)NC2=O)c2cccc(CNC(=O)CCCCCN[C@H]3C[C@H]4CC[C@]3(C)C4(C)C)c21. The highest BCUT2D eigenvalue weighted by atomic mass is 16.2. The van der Waals surface area contributed by atoms with Gasteiger partial charge in [-0.2, -0.15) is 0 Å². The van der Waals surface area contributed by atoms with Gasteiger partial charge in [0.2, 0.25) is 17.7 Å². The van der Waals surface area contributed by atoms with Crippen molar-refractivity contribution >= 4 is 28.8 Å². The van der Waals surface area contributed by atoms with Gasteiger partial charge in [-0.15, -0.1) is 0 Å². The summed E-state index contributed by atoms with van der Waals surface area (Å²) in [6.45, 7) is 8.66. The van der Waals surface area contributed by atoms with Crippen molar-refractivity contribution in [1.29, 1.82) is 0 Å². The average Bonchev–Trinajstić information content (AvgIpc) is 3.36. The molecule has 9 heteroatoms. The van der Waals surface area contributed by atoms with Crippen LogP contribution in [0.1, 0.15) is 90.2 Å². The molecule has 5 rings (SSSR count). The molecule has 2 bridgehead atoms. The molecule has 3 aliphatic rings. The number of unbranched alkanes of at least 4 members (excludes halogenated alkanes) is 2. The molecule has 2 saturated carbocycles. The Morgan fingerprint density at radius 3 is 2.59 bits per heavy atom. The lowest BCUT2D eigenvalue weighted by molar-refractivity contribution is -0.135. The zero-order valence-electron chi connectivity index (χ0n) is 23.8. The number of amides is 3. The maximum atomic E-state index is 13.1. The molecule has 1 aliphatic heterocycles. The second-order valence-corrected chi connectivity index (χ2v) is 12.7. The van der Waals surface area contributed by atoms with Gasteiger partial charge in [0, 0.05) is 32.5 Å². The van der Waals surface area contributed by atoms with Gasteiger partial charge in [0.05, 0.1) is 11.0 Å². The third kappa shape index (κ3) is 4.83. The standard InChI is InChI=1S/C30H43N5O4/c1-29(2)20-14-15-30(29,3)23(17-20)31-16-7-5-6-11-24(36)32-18-19-9-8-10-21-26(19)34(4)28(39)35(21)22-12-13-25(37)33-27(22)38/h8-10,20,22-23,31H,5-7,11-18H2,1-4H3,(H,32,36)(H,33,37,38)/t20-,22?,23+,30+/m1/s1. The number of nitrogens with one attached hydrogen (secondary N) is 3. The summed E-state index contributed by atoms with van der Waals surface area (Å²) in [4.78, 5) is 49.7. The van der Waals surface area contributed by atoms with Crippen molar-refractivity contribution in [3.63, 3.8) is 0 Å². The minimum Gasteiger partial charge on any atom is -0.352 e. The first kappa shape index (κ1) is 27.6. The highest BCUT2D eigenvalue weighted by Crippen LogP contribution is 2.65. The number of aromatic nitrogens is 2. The predicted molar refractivity (Wildman–Crippen MR) is 150 cm³/mol. The lowest BCUT2D eigenvalue weighted by Gasteiger charge is -2.39. The molecule has 1 aromatic heterocycles. The van der Waals surface area contributed by atoms with Crippen molar-refractivity contribution in [3.05, 3.63) is 34.2 Å². The molecule has 1 saturated heterocycles. The third-order valence-corrected chi connectivity index (χ3v) is 10.4.